The van der Waals surface area contributed by atoms with Gasteiger partial charge in [-0.3, -0.25) is 4.79 Å². The lowest BCUT2D eigenvalue weighted by molar-refractivity contribution is -0.138. The lowest BCUT2D eigenvalue weighted by atomic mass is 10.1. The summed E-state index contributed by atoms with van der Waals surface area (Å²) in [6.45, 7) is 8.10. The van der Waals surface area contributed by atoms with E-state index in [1.54, 1.807) is 18.8 Å². The van der Waals surface area contributed by atoms with Crippen LogP contribution in [0.4, 0.5) is 0 Å². The average Bonchev–Trinajstić information content (AvgIpc) is 3.21. The minimum absolute atomic E-state index is 0.0129. The number of hydrogen-bond acceptors (Lipinski definition) is 7. The van der Waals surface area contributed by atoms with Crippen LogP contribution in [0.25, 0.3) is 4.95 Å². The molecule has 40 heavy (non-hydrogen) atoms. The number of phenolic OH excluding ortho intramolecular Hbond substituents is 1. The molecule has 0 aromatic heterocycles. The summed E-state index contributed by atoms with van der Waals surface area (Å²) in [5, 5.41) is 41.6. The highest BCUT2D eigenvalue weighted by Crippen LogP contribution is 2.41. The number of aromatic hydroxyl groups is 1. The van der Waals surface area contributed by atoms with Crippen molar-refractivity contribution in [3.8, 4) is 5.75 Å². The molecule has 3 rings (SSSR count). The summed E-state index contributed by atoms with van der Waals surface area (Å²) in [6, 6.07) is 7.68. The van der Waals surface area contributed by atoms with Gasteiger partial charge in [0.2, 0.25) is 0 Å². The van der Waals surface area contributed by atoms with E-state index < -0.39 is 43.8 Å². The number of nitrogens with one attached hydrogen (secondary N) is 2. The summed E-state index contributed by atoms with van der Waals surface area (Å²) in [7, 11) is -2.82. The summed E-state index contributed by atoms with van der Waals surface area (Å²) in [4.78, 5) is 33.3. The zero-order chi connectivity index (χ0) is 29.6. The number of benzene rings is 2. The highest BCUT2D eigenvalue weighted by atomic mass is 35.5. The van der Waals surface area contributed by atoms with Crippen molar-refractivity contribution in [3.63, 3.8) is 0 Å². The van der Waals surface area contributed by atoms with E-state index in [0.717, 1.165) is 0 Å². The fourth-order valence-electron chi connectivity index (χ4n) is 4.04. The maximum atomic E-state index is 13.2. The molecule has 0 radical (unpaired) electrons. The first kappa shape index (κ1) is 31.2. The fourth-order valence-corrected chi connectivity index (χ4v) is 6.49. The number of rotatable bonds is 9. The van der Waals surface area contributed by atoms with Crippen LogP contribution in [0.5, 0.6) is 5.75 Å². The molecule has 1 saturated heterocycles. The number of halogens is 2. The first-order chi connectivity index (χ1) is 18.8. The molecule has 1 heterocycles. The van der Waals surface area contributed by atoms with Crippen LogP contribution in [0.3, 0.4) is 0 Å². The standard InChI is InChI=1S/C25H28Cl2N5O7P/c1-28-31-25(32-12-20(34)21(35)13-32)29-11-19(24(37)38)30-23(36)22-17(26)8-14(9-18(22)27)6-7-40(2,39)16-5-3-4-15(33)10-16/h3-5,8-10,19-21,33-35H,6-7,11-13H2,2H3,(H,29,31)(H,30,36)(H,37,38)/t19-,20+,21+,40?/m0/s1. The monoisotopic (exact) mass is 611 g/mol. The van der Waals surface area contributed by atoms with Gasteiger partial charge in [0.1, 0.15) is 18.9 Å². The number of aliphatic carboxylic acids is 1. The van der Waals surface area contributed by atoms with Crippen LogP contribution < -0.4 is 16.0 Å². The second-order valence-electron chi connectivity index (χ2n) is 9.32. The molecule has 1 aliphatic heterocycles. The van der Waals surface area contributed by atoms with Crippen LogP contribution in [-0.4, -0.2) is 93.9 Å². The van der Waals surface area contributed by atoms with Crippen molar-refractivity contribution in [2.75, 3.05) is 32.5 Å². The first-order valence-electron chi connectivity index (χ1n) is 12.0. The summed E-state index contributed by atoms with van der Waals surface area (Å²) in [6.07, 6.45) is -1.56. The van der Waals surface area contributed by atoms with Crippen molar-refractivity contribution < 1.29 is 34.6 Å². The third-order valence-electron chi connectivity index (χ3n) is 6.27. The topological polar surface area (TPSA) is 176 Å². The van der Waals surface area contributed by atoms with Gasteiger partial charge >= 0.3 is 5.97 Å². The molecule has 0 saturated carbocycles. The zero-order valence-electron chi connectivity index (χ0n) is 21.3. The number of carboxylic acids is 1. The number of nitrogens with zero attached hydrogens (tertiary/aromatic N) is 3. The number of guanidine groups is 1. The van der Waals surface area contributed by atoms with E-state index in [0.29, 0.717) is 17.3 Å². The quantitative estimate of drug-likeness (QED) is 0.0807. The SMILES string of the molecule is [C-]#[N+]NC(=NC[C@H](NC(=O)c1c(Cl)cc(CCP(C)(=O)c2cccc(O)c2)cc1Cl)C(=O)O)N1C[C@@H](O)[C@H](O)C1. The number of likely N-dealkylation sites (tertiary alicyclic amines) is 1. The molecule has 214 valence electrons. The van der Waals surface area contributed by atoms with Gasteiger partial charge in [-0.1, -0.05) is 40.8 Å². The fraction of sp³-hybridized carbons (Fsp3) is 0.360. The molecule has 15 heteroatoms. The number of phenols is 1. The second-order valence-corrected chi connectivity index (χ2v) is 13.3. The van der Waals surface area contributed by atoms with E-state index >= 15 is 0 Å². The normalized spacial score (nSPS) is 19.4. The Morgan fingerprint density at radius 3 is 2.38 bits per heavy atom. The summed E-state index contributed by atoms with van der Waals surface area (Å²) in [5.41, 5.74) is 2.73. The minimum atomic E-state index is -2.82. The predicted octanol–water partition coefficient (Wildman–Crippen LogP) is 1.56. The summed E-state index contributed by atoms with van der Waals surface area (Å²) < 4.78 is 13.2. The van der Waals surface area contributed by atoms with Gasteiger partial charge < -0.3 is 35.2 Å². The molecule has 6 N–H and O–H groups in total. The van der Waals surface area contributed by atoms with Gasteiger partial charge in [0, 0.05) is 24.6 Å². The number of carboxylic acid groups (broad SMARTS) is 1. The molecule has 12 nitrogen and oxygen atoms in total. The van der Waals surface area contributed by atoms with Gasteiger partial charge in [0.15, 0.2) is 0 Å². The number of β-amino-alcohol motifs (C(OH)–C–C–N with tert-alkyl or cyclic N) is 2. The Bertz CT molecular complexity index is 1370. The van der Waals surface area contributed by atoms with Crippen LogP contribution in [-0.2, 0) is 15.8 Å². The van der Waals surface area contributed by atoms with Crippen LogP contribution in [0.2, 0.25) is 10.0 Å². The van der Waals surface area contributed by atoms with Crippen molar-refractivity contribution in [1.29, 1.82) is 0 Å². The van der Waals surface area contributed by atoms with Crippen LogP contribution in [0.15, 0.2) is 41.4 Å². The van der Waals surface area contributed by atoms with Crippen molar-refractivity contribution >= 4 is 53.5 Å². The molecule has 0 aliphatic carbocycles. The van der Waals surface area contributed by atoms with E-state index in [1.165, 1.54) is 29.2 Å². The number of carbonyl (C=O) groups excluding carboxylic acids is 1. The zero-order valence-corrected chi connectivity index (χ0v) is 23.7. The van der Waals surface area contributed by atoms with Crippen molar-refractivity contribution in [1.82, 2.24) is 15.6 Å². The van der Waals surface area contributed by atoms with Gasteiger partial charge in [-0.05, 0) is 42.9 Å². The Balaban J connectivity index is 1.72. The number of aliphatic hydroxyl groups is 2. The minimum Gasteiger partial charge on any atom is -0.508 e. The van der Waals surface area contributed by atoms with E-state index in [1.807, 2.05) is 0 Å². The number of aliphatic hydroxyl groups excluding tert-OH is 2. The Hall–Kier alpha value is -3.33. The molecule has 1 aliphatic rings. The highest BCUT2D eigenvalue weighted by molar-refractivity contribution is 7.70. The van der Waals surface area contributed by atoms with Crippen LogP contribution in [0.1, 0.15) is 15.9 Å². The lowest BCUT2D eigenvalue weighted by Crippen LogP contribution is -2.45. The maximum Gasteiger partial charge on any atom is 0.328 e. The van der Waals surface area contributed by atoms with Crippen LogP contribution >= 0.6 is 30.3 Å². The number of amides is 1. The van der Waals surface area contributed by atoms with E-state index in [9.17, 15) is 34.6 Å². The molecule has 2 aromatic carbocycles. The number of aliphatic imine (C=N–C) groups is 1. The Morgan fingerprint density at radius 2 is 1.82 bits per heavy atom. The Labute approximate surface area is 240 Å². The molecule has 0 spiro atoms. The molecule has 0 bridgehead atoms. The molecule has 2 aromatic rings. The smallest absolute Gasteiger partial charge is 0.328 e. The molecule has 1 amide bonds. The van der Waals surface area contributed by atoms with Gasteiger partial charge in [-0.15, -0.1) is 0 Å². The van der Waals surface area contributed by atoms with E-state index in [2.05, 4.69) is 20.7 Å². The Kier molecular flexibility index (Phi) is 10.4. The molecule has 1 fully saturated rings. The summed E-state index contributed by atoms with van der Waals surface area (Å²) in [5.74, 6) is -2.32. The summed E-state index contributed by atoms with van der Waals surface area (Å²) >= 11 is 12.7. The predicted molar refractivity (Wildman–Crippen MR) is 151 cm³/mol. The molecular formula is C25H28Cl2N5O7P. The highest BCUT2D eigenvalue weighted by Gasteiger charge is 2.33. The third kappa shape index (κ3) is 7.87. The van der Waals surface area contributed by atoms with Gasteiger partial charge in [-0.25, -0.2) is 9.79 Å². The lowest BCUT2D eigenvalue weighted by Gasteiger charge is -2.18. The third-order valence-corrected chi connectivity index (χ3v) is 9.32. The largest absolute Gasteiger partial charge is 0.508 e. The first-order valence-corrected chi connectivity index (χ1v) is 15.1. The number of aryl methyl sites for hydroxylation is 1. The Morgan fingerprint density at radius 1 is 1.20 bits per heavy atom. The van der Waals surface area contributed by atoms with E-state index in [4.69, 9.17) is 29.8 Å². The van der Waals surface area contributed by atoms with Crippen molar-refractivity contribution in [2.24, 2.45) is 4.99 Å². The number of hydrogen-bond donors (Lipinski definition) is 6. The number of carbonyl (C=O) groups is 2. The molecular weight excluding hydrogens is 584 g/mol. The van der Waals surface area contributed by atoms with Gasteiger partial charge in [0.05, 0.1) is 34.4 Å². The van der Waals surface area contributed by atoms with Gasteiger partial charge in [-0.2, -0.15) is 11.5 Å². The van der Waals surface area contributed by atoms with Crippen LogP contribution in [0, 0.1) is 6.57 Å². The maximum absolute atomic E-state index is 13.2. The van der Waals surface area contributed by atoms with E-state index in [-0.39, 0.29) is 46.6 Å². The second kappa shape index (κ2) is 13.4. The average molecular weight is 612 g/mol. The van der Waals surface area contributed by atoms with Crippen molar-refractivity contribution in [2.45, 2.75) is 24.7 Å². The van der Waals surface area contributed by atoms with Crippen molar-refractivity contribution in [3.05, 3.63) is 69.1 Å². The van der Waals surface area contributed by atoms with Gasteiger partial charge in [0.25, 0.3) is 11.9 Å². The molecule has 4 atom stereocenters. The molecule has 1 unspecified atom stereocenters.